The van der Waals surface area contributed by atoms with Gasteiger partial charge in [0.2, 0.25) is 10.0 Å². The first-order chi connectivity index (χ1) is 14.4. The van der Waals surface area contributed by atoms with Crippen molar-refractivity contribution in [1.29, 1.82) is 0 Å². The molecule has 7 heteroatoms. The number of hydrogen-bond acceptors (Lipinski definition) is 3. The van der Waals surface area contributed by atoms with E-state index < -0.39 is 10.0 Å². The fourth-order valence-corrected chi connectivity index (χ4v) is 5.01. The summed E-state index contributed by atoms with van der Waals surface area (Å²) in [5.74, 6) is -0.184. The van der Waals surface area contributed by atoms with Crippen molar-refractivity contribution in [2.75, 3.05) is 11.3 Å². The number of sulfonamides is 1. The molecule has 30 heavy (non-hydrogen) atoms. The van der Waals surface area contributed by atoms with E-state index in [1.54, 1.807) is 47.4 Å². The van der Waals surface area contributed by atoms with Crippen molar-refractivity contribution in [3.05, 3.63) is 100 Å². The molecule has 154 valence electrons. The molecule has 0 saturated heterocycles. The molecule has 1 N–H and O–H groups in total. The first kappa shape index (κ1) is 20.4. The van der Waals surface area contributed by atoms with Crippen molar-refractivity contribution in [2.24, 2.45) is 0 Å². The van der Waals surface area contributed by atoms with Crippen molar-refractivity contribution in [3.8, 4) is 0 Å². The highest BCUT2D eigenvalue weighted by Gasteiger charge is 2.22. The zero-order valence-corrected chi connectivity index (χ0v) is 17.8. The van der Waals surface area contributed by atoms with Crippen LogP contribution in [-0.2, 0) is 28.7 Å². The molecule has 0 aromatic heterocycles. The molecule has 0 radical (unpaired) electrons. The normalized spacial score (nSPS) is 13.6. The summed E-state index contributed by atoms with van der Waals surface area (Å²) in [6.07, 6.45) is 0.740. The molecule has 4 rings (SSSR count). The fraction of sp³-hybridized carbons (Fsp3) is 0.174. The van der Waals surface area contributed by atoms with Crippen LogP contribution in [0.5, 0.6) is 0 Å². The maximum atomic E-state index is 12.8. The van der Waals surface area contributed by atoms with Gasteiger partial charge in [-0.05, 0) is 59.5 Å². The second-order valence-corrected chi connectivity index (χ2v) is 9.48. The summed E-state index contributed by atoms with van der Waals surface area (Å²) in [6.45, 7) is 1.09. The van der Waals surface area contributed by atoms with Gasteiger partial charge in [0.1, 0.15) is 0 Å². The van der Waals surface area contributed by atoms with Gasteiger partial charge >= 0.3 is 0 Å². The minimum absolute atomic E-state index is 0.0202. The van der Waals surface area contributed by atoms with Gasteiger partial charge in [-0.15, -0.1) is 0 Å². The van der Waals surface area contributed by atoms with Crippen LogP contribution in [0.2, 0.25) is 5.02 Å². The maximum absolute atomic E-state index is 12.8. The first-order valence-electron chi connectivity index (χ1n) is 9.61. The molecule has 1 amide bonds. The summed E-state index contributed by atoms with van der Waals surface area (Å²) in [7, 11) is -3.59. The van der Waals surface area contributed by atoms with Crippen molar-refractivity contribution >= 4 is 33.2 Å². The Morgan fingerprint density at radius 2 is 1.77 bits per heavy atom. The number of rotatable bonds is 5. The Hall–Kier alpha value is -2.83. The highest BCUT2D eigenvalue weighted by atomic mass is 35.5. The molecule has 0 atom stereocenters. The first-order valence-corrected chi connectivity index (χ1v) is 11.6. The van der Waals surface area contributed by atoms with Crippen molar-refractivity contribution in [1.82, 2.24) is 4.90 Å². The van der Waals surface area contributed by atoms with E-state index in [0.29, 0.717) is 34.9 Å². The summed E-state index contributed by atoms with van der Waals surface area (Å²) in [6, 6.07) is 21.5. The Morgan fingerprint density at radius 1 is 0.967 bits per heavy atom. The van der Waals surface area contributed by atoms with Crippen LogP contribution in [0.15, 0.2) is 72.8 Å². The Kier molecular flexibility index (Phi) is 5.79. The number of anilines is 1. The Morgan fingerprint density at radius 3 is 2.53 bits per heavy atom. The summed E-state index contributed by atoms with van der Waals surface area (Å²) in [5, 5.41) is 0.500. The van der Waals surface area contributed by atoms with Crippen molar-refractivity contribution < 1.29 is 13.2 Å². The quantitative estimate of drug-likeness (QED) is 0.636. The molecule has 3 aromatic rings. The van der Waals surface area contributed by atoms with Crippen LogP contribution < -0.4 is 4.72 Å². The average Bonchev–Trinajstić information content (AvgIpc) is 2.72. The van der Waals surface area contributed by atoms with Crippen LogP contribution >= 0.6 is 11.6 Å². The van der Waals surface area contributed by atoms with E-state index in [-0.39, 0.29) is 11.7 Å². The lowest BCUT2D eigenvalue weighted by molar-refractivity contribution is 0.0734. The van der Waals surface area contributed by atoms with Crippen LogP contribution in [-0.4, -0.2) is 25.8 Å². The molecule has 0 aliphatic carbocycles. The van der Waals surface area contributed by atoms with Crippen LogP contribution in [0, 0.1) is 0 Å². The van der Waals surface area contributed by atoms with E-state index in [0.717, 1.165) is 17.5 Å². The molecule has 1 aliphatic heterocycles. The third-order valence-electron chi connectivity index (χ3n) is 5.05. The third kappa shape index (κ3) is 4.83. The van der Waals surface area contributed by atoms with E-state index in [1.165, 1.54) is 0 Å². The van der Waals surface area contributed by atoms with E-state index in [9.17, 15) is 13.2 Å². The Labute approximate surface area is 181 Å². The van der Waals surface area contributed by atoms with Gasteiger partial charge in [0.25, 0.3) is 5.91 Å². The van der Waals surface area contributed by atoms with E-state index in [4.69, 9.17) is 11.6 Å². The van der Waals surface area contributed by atoms with Gasteiger partial charge in [0.15, 0.2) is 0 Å². The lowest BCUT2D eigenvalue weighted by atomic mass is 9.98. The predicted octanol–water partition coefficient (Wildman–Crippen LogP) is 4.48. The molecule has 3 aromatic carbocycles. The van der Waals surface area contributed by atoms with E-state index in [2.05, 4.69) is 4.72 Å². The molecule has 0 spiro atoms. The topological polar surface area (TPSA) is 66.5 Å². The minimum atomic E-state index is -3.59. The maximum Gasteiger partial charge on any atom is 0.254 e. The number of hydrogen-bond donors (Lipinski definition) is 1. The smallest absolute Gasteiger partial charge is 0.254 e. The minimum Gasteiger partial charge on any atom is -0.334 e. The van der Waals surface area contributed by atoms with Gasteiger partial charge in [-0.25, -0.2) is 8.42 Å². The SMILES string of the molecule is O=C(c1ccccc1)N1CCc2ccc(NS(=O)(=O)Cc3cccc(Cl)c3)cc2C1. The van der Waals surface area contributed by atoms with Gasteiger partial charge in [-0.2, -0.15) is 0 Å². The van der Waals surface area contributed by atoms with Crippen molar-refractivity contribution in [3.63, 3.8) is 0 Å². The molecule has 0 unspecified atom stereocenters. The van der Waals surface area contributed by atoms with Crippen LogP contribution in [0.3, 0.4) is 0 Å². The lowest BCUT2D eigenvalue weighted by Crippen LogP contribution is -2.36. The highest BCUT2D eigenvalue weighted by Crippen LogP contribution is 2.25. The standard InChI is InChI=1S/C23H21ClN2O3S/c24-21-8-4-5-17(13-21)16-30(28,29)25-22-10-9-18-11-12-26(15-20(18)14-22)23(27)19-6-2-1-3-7-19/h1-10,13-14,25H,11-12,15-16H2. The van der Waals surface area contributed by atoms with Gasteiger partial charge in [0.05, 0.1) is 5.75 Å². The summed E-state index contributed by atoms with van der Waals surface area (Å²) < 4.78 is 27.8. The van der Waals surface area contributed by atoms with Gasteiger partial charge in [0, 0.05) is 29.4 Å². The number of nitrogens with one attached hydrogen (secondary N) is 1. The zero-order valence-electron chi connectivity index (χ0n) is 16.2. The number of carbonyl (C=O) groups is 1. The van der Waals surface area contributed by atoms with Gasteiger partial charge in [-0.3, -0.25) is 9.52 Å². The number of carbonyl (C=O) groups excluding carboxylic acids is 1. The molecule has 5 nitrogen and oxygen atoms in total. The summed E-state index contributed by atoms with van der Waals surface area (Å²) in [4.78, 5) is 14.6. The monoisotopic (exact) mass is 440 g/mol. The molecule has 0 bridgehead atoms. The number of benzene rings is 3. The zero-order chi connectivity index (χ0) is 21.1. The third-order valence-corrected chi connectivity index (χ3v) is 6.54. The summed E-state index contributed by atoms with van der Waals surface area (Å²) >= 11 is 5.95. The molecule has 1 heterocycles. The van der Waals surface area contributed by atoms with Gasteiger partial charge < -0.3 is 4.90 Å². The van der Waals surface area contributed by atoms with E-state index >= 15 is 0 Å². The Bertz CT molecular complexity index is 1180. The number of nitrogens with zero attached hydrogens (tertiary/aromatic N) is 1. The molecule has 1 aliphatic rings. The second kappa shape index (κ2) is 8.50. The molecular formula is C23H21ClN2O3S. The van der Waals surface area contributed by atoms with Crippen molar-refractivity contribution in [2.45, 2.75) is 18.7 Å². The molecule has 0 fully saturated rings. The lowest BCUT2D eigenvalue weighted by Gasteiger charge is -2.29. The average molecular weight is 441 g/mol. The Balaban J connectivity index is 1.49. The van der Waals surface area contributed by atoms with Crippen LogP contribution in [0.25, 0.3) is 0 Å². The number of amides is 1. The summed E-state index contributed by atoms with van der Waals surface area (Å²) in [5.41, 5.74) is 3.84. The molecular weight excluding hydrogens is 420 g/mol. The largest absolute Gasteiger partial charge is 0.334 e. The molecule has 0 saturated carbocycles. The second-order valence-electron chi connectivity index (χ2n) is 7.32. The van der Waals surface area contributed by atoms with E-state index in [1.807, 2.05) is 30.3 Å². The number of fused-ring (bicyclic) bond motifs is 1. The predicted molar refractivity (Wildman–Crippen MR) is 119 cm³/mol. The van der Waals surface area contributed by atoms with Crippen LogP contribution in [0.1, 0.15) is 27.0 Å². The van der Waals surface area contributed by atoms with Gasteiger partial charge in [-0.1, -0.05) is 48.0 Å². The van der Waals surface area contributed by atoms with Crippen LogP contribution in [0.4, 0.5) is 5.69 Å². The highest BCUT2D eigenvalue weighted by molar-refractivity contribution is 7.91. The number of halogens is 1. The fourth-order valence-electron chi connectivity index (χ4n) is 3.62.